The van der Waals surface area contributed by atoms with Gasteiger partial charge in [0.2, 0.25) is 0 Å². The summed E-state index contributed by atoms with van der Waals surface area (Å²) < 4.78 is 65.7. The van der Waals surface area contributed by atoms with E-state index in [4.69, 9.17) is 9.47 Å². The van der Waals surface area contributed by atoms with Crippen LogP contribution in [0.3, 0.4) is 0 Å². The van der Waals surface area contributed by atoms with Crippen molar-refractivity contribution in [3.63, 3.8) is 0 Å². The SMILES string of the molecule is CC1(C)OCC(CNC(=O)c2cc(N(CCOS(C)(=O)=O)CCOS(C)(=O)=O)c([N+](=O)[O-])cc2[N+](=O)[O-])O1. The van der Waals surface area contributed by atoms with E-state index in [1.807, 2.05) is 0 Å². The van der Waals surface area contributed by atoms with Crippen molar-refractivity contribution in [1.82, 2.24) is 5.32 Å². The van der Waals surface area contributed by atoms with Crippen LogP contribution in [0, 0.1) is 20.2 Å². The van der Waals surface area contributed by atoms with E-state index in [0.717, 1.165) is 23.5 Å². The molecule has 0 saturated carbocycles. The fourth-order valence-electron chi connectivity index (χ4n) is 3.41. The van der Waals surface area contributed by atoms with Gasteiger partial charge in [0, 0.05) is 19.6 Å². The van der Waals surface area contributed by atoms with Crippen LogP contribution in [0.4, 0.5) is 17.1 Å². The van der Waals surface area contributed by atoms with Gasteiger partial charge in [0.1, 0.15) is 17.4 Å². The molecule has 1 aromatic carbocycles. The largest absolute Gasteiger partial charge is 0.361 e. The third-order valence-electron chi connectivity index (χ3n) is 4.95. The highest BCUT2D eigenvalue weighted by molar-refractivity contribution is 7.86. The summed E-state index contributed by atoms with van der Waals surface area (Å²) in [6.07, 6.45) is 1.01. The zero-order valence-corrected chi connectivity index (χ0v) is 22.6. The lowest BCUT2D eigenvalue weighted by atomic mass is 10.1. The van der Waals surface area contributed by atoms with Crippen LogP contribution in [0.15, 0.2) is 12.1 Å². The fourth-order valence-corrected chi connectivity index (χ4v) is 4.17. The van der Waals surface area contributed by atoms with Gasteiger partial charge in [-0.05, 0) is 19.9 Å². The maximum Gasteiger partial charge on any atom is 0.299 e. The molecule has 1 unspecified atom stereocenters. The number of nitro benzene ring substituents is 2. The molecular formula is C19H28N4O13S2. The highest BCUT2D eigenvalue weighted by Crippen LogP contribution is 2.35. The first-order chi connectivity index (χ1) is 17.4. The minimum Gasteiger partial charge on any atom is -0.361 e. The molecule has 0 bridgehead atoms. The molecule has 1 saturated heterocycles. The van der Waals surface area contributed by atoms with E-state index < -0.39 is 78.0 Å². The third kappa shape index (κ3) is 9.72. The summed E-state index contributed by atoms with van der Waals surface area (Å²) in [4.78, 5) is 35.6. The number of ether oxygens (including phenoxy) is 2. The first-order valence-electron chi connectivity index (χ1n) is 10.9. The zero-order chi connectivity index (χ0) is 28.9. The normalized spacial score (nSPS) is 17.2. The van der Waals surface area contributed by atoms with Gasteiger partial charge in [-0.25, -0.2) is 0 Å². The predicted molar refractivity (Wildman–Crippen MR) is 131 cm³/mol. The first kappa shape index (κ1) is 31.2. The third-order valence-corrected chi connectivity index (χ3v) is 6.14. The number of nitro groups is 2. The standard InChI is InChI=1S/C19H28N4O13S2/c1-19(2)33-12-13(36-19)11-20-18(24)14-9-16(17(23(27)28)10-15(14)22(25)26)21(5-7-34-37(3,29)30)6-8-35-38(4,31)32/h9-10,13H,5-8,11-12H2,1-4H3,(H,20,24). The van der Waals surface area contributed by atoms with Crippen LogP contribution in [0.5, 0.6) is 0 Å². The number of nitrogens with zero attached hydrogens (tertiary/aromatic N) is 3. The van der Waals surface area contributed by atoms with E-state index in [2.05, 4.69) is 13.7 Å². The summed E-state index contributed by atoms with van der Waals surface area (Å²) >= 11 is 0. The smallest absolute Gasteiger partial charge is 0.299 e. The molecule has 17 nitrogen and oxygen atoms in total. The second kappa shape index (κ2) is 12.3. The molecule has 0 radical (unpaired) electrons. The van der Waals surface area contributed by atoms with Crippen molar-refractivity contribution in [2.75, 3.05) is 56.9 Å². The number of nitrogens with one attached hydrogen (secondary N) is 1. The Balaban J connectivity index is 2.44. The second-order valence-corrected chi connectivity index (χ2v) is 11.9. The van der Waals surface area contributed by atoms with Crippen LogP contribution in [-0.2, 0) is 38.1 Å². The van der Waals surface area contributed by atoms with Crippen molar-refractivity contribution in [2.45, 2.75) is 25.7 Å². The van der Waals surface area contributed by atoms with E-state index in [-0.39, 0.29) is 31.9 Å². The van der Waals surface area contributed by atoms with Crippen molar-refractivity contribution >= 4 is 43.2 Å². The number of amides is 1. The molecule has 1 fully saturated rings. The van der Waals surface area contributed by atoms with Crippen LogP contribution in [0.1, 0.15) is 24.2 Å². The molecule has 1 heterocycles. The van der Waals surface area contributed by atoms with Crippen molar-refractivity contribution < 1.29 is 49.3 Å². The van der Waals surface area contributed by atoms with E-state index in [1.165, 1.54) is 0 Å². The Morgan fingerprint density at radius 2 is 1.58 bits per heavy atom. The summed E-state index contributed by atoms with van der Waals surface area (Å²) in [5.74, 6) is -1.83. The number of rotatable bonds is 14. The van der Waals surface area contributed by atoms with Gasteiger partial charge in [-0.3, -0.25) is 33.4 Å². The Kier molecular flexibility index (Phi) is 10.1. The monoisotopic (exact) mass is 584 g/mol. The summed E-state index contributed by atoms with van der Waals surface area (Å²) in [6.45, 7) is 1.68. The fraction of sp³-hybridized carbons (Fsp3) is 0.632. The molecule has 19 heteroatoms. The van der Waals surface area contributed by atoms with E-state index in [0.29, 0.717) is 6.07 Å². The number of hydrogen-bond acceptors (Lipinski definition) is 14. The Morgan fingerprint density at radius 1 is 1.05 bits per heavy atom. The molecule has 1 atom stereocenters. The summed E-state index contributed by atoms with van der Waals surface area (Å²) in [6, 6.07) is 1.48. The Hall–Kier alpha value is -2.97. The maximum atomic E-state index is 12.9. The molecule has 2 rings (SSSR count). The van der Waals surface area contributed by atoms with Gasteiger partial charge in [-0.15, -0.1) is 0 Å². The summed E-state index contributed by atoms with van der Waals surface area (Å²) in [5.41, 5.74) is -2.52. The molecular weight excluding hydrogens is 556 g/mol. The zero-order valence-electron chi connectivity index (χ0n) is 20.9. The molecule has 0 aromatic heterocycles. The van der Waals surface area contributed by atoms with Crippen molar-refractivity contribution in [3.05, 3.63) is 37.9 Å². The molecule has 214 valence electrons. The second-order valence-electron chi connectivity index (χ2n) is 8.57. The molecule has 0 aliphatic carbocycles. The van der Waals surface area contributed by atoms with Gasteiger partial charge < -0.3 is 19.7 Å². The van der Waals surface area contributed by atoms with Gasteiger partial charge in [-0.2, -0.15) is 16.8 Å². The summed E-state index contributed by atoms with van der Waals surface area (Å²) in [5, 5.41) is 25.9. The van der Waals surface area contributed by atoms with Crippen molar-refractivity contribution in [3.8, 4) is 0 Å². The van der Waals surface area contributed by atoms with Crippen LogP contribution in [0.2, 0.25) is 0 Å². The van der Waals surface area contributed by atoms with Crippen molar-refractivity contribution in [2.24, 2.45) is 0 Å². The van der Waals surface area contributed by atoms with Gasteiger partial charge in [0.25, 0.3) is 37.5 Å². The first-order valence-corrected chi connectivity index (χ1v) is 14.5. The van der Waals surface area contributed by atoms with Crippen molar-refractivity contribution in [1.29, 1.82) is 0 Å². The van der Waals surface area contributed by atoms with Gasteiger partial charge >= 0.3 is 0 Å². The molecule has 1 amide bonds. The van der Waals surface area contributed by atoms with Crippen LogP contribution < -0.4 is 10.2 Å². The van der Waals surface area contributed by atoms with Crippen LogP contribution in [-0.4, -0.2) is 96.4 Å². The molecule has 38 heavy (non-hydrogen) atoms. The lowest BCUT2D eigenvalue weighted by molar-refractivity contribution is -0.393. The highest BCUT2D eigenvalue weighted by atomic mass is 32.2. The van der Waals surface area contributed by atoms with E-state index in [9.17, 15) is 41.9 Å². The van der Waals surface area contributed by atoms with Crippen LogP contribution >= 0.6 is 0 Å². The number of carbonyl (C=O) groups excluding carboxylic acids is 1. The van der Waals surface area contributed by atoms with Gasteiger partial charge in [0.05, 0.1) is 48.2 Å². The summed E-state index contributed by atoms with van der Waals surface area (Å²) in [7, 11) is -7.80. The maximum absolute atomic E-state index is 12.9. The molecule has 1 aromatic rings. The Morgan fingerprint density at radius 3 is 2.00 bits per heavy atom. The van der Waals surface area contributed by atoms with E-state index >= 15 is 0 Å². The number of hydrogen-bond donors (Lipinski definition) is 1. The molecule has 0 spiro atoms. The van der Waals surface area contributed by atoms with Crippen LogP contribution in [0.25, 0.3) is 0 Å². The average Bonchev–Trinajstić information content (AvgIpc) is 3.12. The quantitative estimate of drug-likeness (QED) is 0.174. The van der Waals surface area contributed by atoms with Gasteiger partial charge in [0.15, 0.2) is 5.79 Å². The number of carbonyl (C=O) groups is 1. The topological polar surface area (TPSA) is 224 Å². The molecule has 1 aliphatic rings. The predicted octanol–water partition coefficient (Wildman–Crippen LogP) is 0.143. The molecule has 1 aliphatic heterocycles. The minimum absolute atomic E-state index is 0.0835. The number of anilines is 1. The van der Waals surface area contributed by atoms with Gasteiger partial charge in [-0.1, -0.05) is 0 Å². The number of benzene rings is 1. The lowest BCUT2D eigenvalue weighted by Gasteiger charge is -2.24. The molecule has 1 N–H and O–H groups in total. The lowest BCUT2D eigenvalue weighted by Crippen LogP contribution is -2.35. The minimum atomic E-state index is -3.90. The highest BCUT2D eigenvalue weighted by Gasteiger charge is 2.34. The Labute approximate surface area is 218 Å². The Bertz CT molecular complexity index is 1240. The van der Waals surface area contributed by atoms with E-state index in [1.54, 1.807) is 13.8 Å². The average molecular weight is 585 g/mol.